The predicted molar refractivity (Wildman–Crippen MR) is 95.6 cm³/mol. The maximum atomic E-state index is 13.0. The second-order valence-corrected chi connectivity index (χ2v) is 5.77. The van der Waals surface area contributed by atoms with Crippen LogP contribution in [0.1, 0.15) is 33.2 Å². The van der Waals surface area contributed by atoms with Gasteiger partial charge in [-0.1, -0.05) is 18.2 Å². The van der Waals surface area contributed by atoms with E-state index in [0.29, 0.717) is 0 Å². The number of β-lactam (4-membered cyclic amide) rings is 2. The number of nitrogens with zero attached hydrogens (tertiary/aromatic N) is 1. The molecule has 8 nitrogen and oxygen atoms in total. The lowest BCUT2D eigenvalue weighted by Crippen LogP contribution is -2.63. The maximum absolute atomic E-state index is 13.0. The Morgan fingerprint density at radius 3 is 2.26 bits per heavy atom. The van der Waals surface area contributed by atoms with Gasteiger partial charge in [0.05, 0.1) is 16.9 Å². The lowest BCUT2D eigenvalue weighted by molar-refractivity contribution is -0.153. The quantitative estimate of drug-likeness (QED) is 0.342. The first-order valence-electron chi connectivity index (χ1n) is 8.13. The van der Waals surface area contributed by atoms with Crippen molar-refractivity contribution in [3.63, 3.8) is 0 Å². The summed E-state index contributed by atoms with van der Waals surface area (Å²) in [6, 6.07) is 10.1. The zero-order chi connectivity index (χ0) is 19.7. The highest BCUT2D eigenvalue weighted by atomic mass is 16.5. The van der Waals surface area contributed by atoms with Gasteiger partial charge in [0.15, 0.2) is 5.78 Å². The Labute approximate surface area is 154 Å². The van der Waals surface area contributed by atoms with Crippen LogP contribution >= 0.6 is 0 Å². The molecule has 0 unspecified atom stereocenters. The Hall–Kier alpha value is -3.52. The summed E-state index contributed by atoms with van der Waals surface area (Å²) in [4.78, 5) is 49.6. The van der Waals surface area contributed by atoms with Crippen LogP contribution < -0.4 is 10.6 Å². The molecule has 1 fully saturated rings. The number of amides is 2. The molecule has 3 N–H and O–H groups in total. The number of nitrogens with two attached hydrogens (primary N) is 1. The highest BCUT2D eigenvalue weighted by molar-refractivity contribution is 6.37. The van der Waals surface area contributed by atoms with Crippen molar-refractivity contribution in [1.82, 2.24) is 0 Å². The Kier molecular flexibility index (Phi) is 4.74. The molecule has 1 aliphatic heterocycles. The molecule has 8 heteroatoms. The minimum absolute atomic E-state index is 0.0240. The molecule has 0 radical (unpaired) electrons. The Morgan fingerprint density at radius 1 is 1.04 bits per heavy atom. The monoisotopic (exact) mass is 368 g/mol. The van der Waals surface area contributed by atoms with E-state index in [4.69, 9.17) is 10.5 Å². The van der Waals surface area contributed by atoms with Gasteiger partial charge in [0.25, 0.3) is 11.8 Å². The first-order valence-corrected chi connectivity index (χ1v) is 8.13. The van der Waals surface area contributed by atoms with Crippen LogP contribution in [0.5, 0.6) is 0 Å². The van der Waals surface area contributed by atoms with Gasteiger partial charge < -0.3 is 15.6 Å². The second-order valence-electron chi connectivity index (χ2n) is 5.77. The molecule has 1 heterocycles. The van der Waals surface area contributed by atoms with E-state index >= 15 is 0 Å². The summed E-state index contributed by atoms with van der Waals surface area (Å²) in [5.74, 6) is -2.97. The van der Waals surface area contributed by atoms with Gasteiger partial charge in [-0.3, -0.25) is 14.4 Å². The molecule has 0 aliphatic carbocycles. The van der Waals surface area contributed by atoms with Crippen LogP contribution in [0.2, 0.25) is 0 Å². The average Bonchev–Trinajstić information content (AvgIpc) is 2.66. The van der Waals surface area contributed by atoms with Crippen LogP contribution in [0, 0.1) is 0 Å². The van der Waals surface area contributed by atoms with Crippen molar-refractivity contribution in [2.45, 2.75) is 13.0 Å². The highest BCUT2D eigenvalue weighted by Gasteiger charge is 2.49. The first kappa shape index (κ1) is 18.3. The number of anilines is 2. The van der Waals surface area contributed by atoms with Crippen LogP contribution in [0.4, 0.5) is 11.4 Å². The van der Waals surface area contributed by atoms with Crippen molar-refractivity contribution < 1.29 is 29.0 Å². The van der Waals surface area contributed by atoms with Gasteiger partial charge in [0.1, 0.15) is 0 Å². The molecule has 0 atom stereocenters. The summed E-state index contributed by atoms with van der Waals surface area (Å²) in [5.41, 5.74) is 5.60. The fraction of sp³-hybridized carbons (Fsp3) is 0.158. The minimum atomic E-state index is -1.26. The lowest BCUT2D eigenvalue weighted by atomic mass is 9.96. The standard InChI is InChI=1S/C19H16N2O6/c1-2-27-16-17(23)21(18(16)24)13-9-4-3-6-10(13)15(22)11-7-5-8-12(14(11)20)19(25)26/h3-9,16H,2,20H2,1H3,(H,25,26). The minimum Gasteiger partial charge on any atom is -0.478 e. The fourth-order valence-corrected chi connectivity index (χ4v) is 2.88. The number of carbonyl (C=O) groups is 4. The van der Waals surface area contributed by atoms with Crippen LogP contribution in [0.15, 0.2) is 42.5 Å². The number of aromatic carboxylic acids is 1. The Bertz CT molecular complexity index is 952. The van der Waals surface area contributed by atoms with Gasteiger partial charge in [-0.2, -0.15) is 0 Å². The van der Waals surface area contributed by atoms with E-state index in [0.717, 1.165) is 4.90 Å². The highest BCUT2D eigenvalue weighted by Crippen LogP contribution is 2.31. The molecule has 3 rings (SSSR count). The van der Waals surface area contributed by atoms with Gasteiger partial charge in [-0.25, -0.2) is 9.69 Å². The van der Waals surface area contributed by atoms with E-state index in [1.807, 2.05) is 0 Å². The molecule has 0 saturated carbocycles. The van der Waals surface area contributed by atoms with Crippen molar-refractivity contribution in [2.24, 2.45) is 0 Å². The van der Waals surface area contributed by atoms with Crippen molar-refractivity contribution >= 4 is 34.9 Å². The van der Waals surface area contributed by atoms with E-state index in [2.05, 4.69) is 0 Å². The summed E-state index contributed by atoms with van der Waals surface area (Å²) < 4.78 is 5.09. The number of imide groups is 1. The first-order chi connectivity index (χ1) is 12.9. The summed E-state index contributed by atoms with van der Waals surface area (Å²) >= 11 is 0. The fourth-order valence-electron chi connectivity index (χ4n) is 2.88. The summed E-state index contributed by atoms with van der Waals surface area (Å²) in [6.45, 7) is 1.87. The second kappa shape index (κ2) is 7.00. The molecule has 138 valence electrons. The number of nitrogen functional groups attached to an aromatic ring is 1. The molecule has 1 saturated heterocycles. The molecule has 0 bridgehead atoms. The molecule has 2 aromatic carbocycles. The molecule has 1 aliphatic rings. The molecular weight excluding hydrogens is 352 g/mol. The number of hydrogen-bond acceptors (Lipinski definition) is 6. The van der Waals surface area contributed by atoms with Crippen molar-refractivity contribution in [2.75, 3.05) is 17.2 Å². The number of para-hydroxylation sites is 2. The predicted octanol–water partition coefficient (Wildman–Crippen LogP) is 1.48. The number of ether oxygens (including phenoxy) is 1. The Balaban J connectivity index is 2.02. The number of carboxylic acid groups (broad SMARTS) is 1. The molecular formula is C19H16N2O6. The smallest absolute Gasteiger partial charge is 0.337 e. The van der Waals surface area contributed by atoms with E-state index in [1.54, 1.807) is 19.1 Å². The summed E-state index contributed by atoms with van der Waals surface area (Å²) in [5, 5.41) is 9.18. The zero-order valence-electron chi connectivity index (χ0n) is 14.3. The van der Waals surface area contributed by atoms with Gasteiger partial charge in [0.2, 0.25) is 6.10 Å². The molecule has 0 aromatic heterocycles. The number of carboxylic acids is 1. The largest absolute Gasteiger partial charge is 0.478 e. The summed E-state index contributed by atoms with van der Waals surface area (Å²) in [6.07, 6.45) is -1.17. The number of hydrogen-bond donors (Lipinski definition) is 2. The zero-order valence-corrected chi connectivity index (χ0v) is 14.3. The number of benzene rings is 2. The average molecular weight is 368 g/mol. The third-order valence-electron chi connectivity index (χ3n) is 4.19. The van der Waals surface area contributed by atoms with E-state index < -0.39 is 29.7 Å². The van der Waals surface area contributed by atoms with Gasteiger partial charge >= 0.3 is 5.97 Å². The molecule has 0 spiro atoms. The number of ketones is 1. The third kappa shape index (κ3) is 2.96. The molecule has 27 heavy (non-hydrogen) atoms. The number of carbonyl (C=O) groups excluding carboxylic acids is 3. The van der Waals surface area contributed by atoms with Crippen LogP contribution in [0.25, 0.3) is 0 Å². The van der Waals surface area contributed by atoms with Crippen molar-refractivity contribution in [1.29, 1.82) is 0 Å². The van der Waals surface area contributed by atoms with Crippen molar-refractivity contribution in [3.8, 4) is 0 Å². The lowest BCUT2D eigenvalue weighted by Gasteiger charge is -2.36. The number of rotatable bonds is 6. The van der Waals surface area contributed by atoms with Crippen LogP contribution in [-0.4, -0.2) is 41.4 Å². The Morgan fingerprint density at radius 2 is 1.63 bits per heavy atom. The van der Waals surface area contributed by atoms with Crippen molar-refractivity contribution in [3.05, 3.63) is 59.2 Å². The van der Waals surface area contributed by atoms with Gasteiger partial charge in [-0.05, 0) is 31.2 Å². The summed E-state index contributed by atoms with van der Waals surface area (Å²) in [7, 11) is 0. The van der Waals surface area contributed by atoms with E-state index in [-0.39, 0.29) is 34.7 Å². The van der Waals surface area contributed by atoms with Gasteiger partial charge in [-0.15, -0.1) is 0 Å². The molecule has 2 amide bonds. The SMILES string of the molecule is CCOC1C(=O)N(c2ccccc2C(=O)c2cccc(C(=O)O)c2N)C1=O. The van der Waals surface area contributed by atoms with E-state index in [9.17, 15) is 24.3 Å². The third-order valence-corrected chi connectivity index (χ3v) is 4.19. The van der Waals surface area contributed by atoms with Crippen LogP contribution in [-0.2, 0) is 14.3 Å². The normalized spacial score (nSPS) is 14.2. The topological polar surface area (TPSA) is 127 Å². The van der Waals surface area contributed by atoms with E-state index in [1.165, 1.54) is 30.3 Å². The molecule has 2 aromatic rings. The van der Waals surface area contributed by atoms with Gasteiger partial charge in [0, 0.05) is 17.7 Å². The maximum Gasteiger partial charge on any atom is 0.337 e. The van der Waals surface area contributed by atoms with Crippen LogP contribution in [0.3, 0.4) is 0 Å².